The van der Waals surface area contributed by atoms with Gasteiger partial charge in [0, 0.05) is 19.3 Å². The van der Waals surface area contributed by atoms with E-state index in [1.165, 1.54) is 4.90 Å². The van der Waals surface area contributed by atoms with Crippen LogP contribution < -0.4 is 5.32 Å². The Morgan fingerprint density at radius 1 is 1.54 bits per heavy atom. The van der Waals surface area contributed by atoms with Gasteiger partial charge in [-0.15, -0.1) is 0 Å². The van der Waals surface area contributed by atoms with Crippen LogP contribution in [0.2, 0.25) is 5.15 Å². The van der Waals surface area contributed by atoms with Crippen LogP contribution in [0, 0.1) is 0 Å². The number of carbonyl (C=O) groups excluding carboxylic acids is 1. The average molecular weight is 396 g/mol. The van der Waals surface area contributed by atoms with Gasteiger partial charge < -0.3 is 19.7 Å². The normalized spacial score (nSPS) is 17.9. The van der Waals surface area contributed by atoms with Crippen LogP contribution >= 0.6 is 11.6 Å². The number of unbranched alkanes of at least 4 members (excludes halogenated alkanes) is 1. The van der Waals surface area contributed by atoms with E-state index in [0.29, 0.717) is 26.0 Å². The quantitative estimate of drug-likeness (QED) is 0.586. The summed E-state index contributed by atoms with van der Waals surface area (Å²) < 4.78 is 49.8. The molecule has 1 aromatic rings. The van der Waals surface area contributed by atoms with Crippen molar-refractivity contribution in [3.63, 3.8) is 0 Å². The minimum Gasteiger partial charge on any atom is -0.449 e. The van der Waals surface area contributed by atoms with Gasteiger partial charge in [-0.2, -0.15) is 13.2 Å². The van der Waals surface area contributed by atoms with Crippen LogP contribution in [0.4, 0.5) is 23.7 Å². The molecule has 1 saturated heterocycles. The van der Waals surface area contributed by atoms with E-state index in [0.717, 1.165) is 18.9 Å². The van der Waals surface area contributed by atoms with Crippen molar-refractivity contribution in [2.45, 2.75) is 32.0 Å². The zero-order valence-corrected chi connectivity index (χ0v) is 15.1. The van der Waals surface area contributed by atoms with Crippen molar-refractivity contribution < 1.29 is 27.4 Å². The zero-order valence-electron chi connectivity index (χ0n) is 14.3. The van der Waals surface area contributed by atoms with Crippen molar-refractivity contribution in [1.29, 1.82) is 0 Å². The number of hydrogen-bond acceptors (Lipinski definition) is 5. The molecule has 1 fully saturated rings. The Labute approximate surface area is 154 Å². The highest BCUT2D eigenvalue weighted by molar-refractivity contribution is 6.29. The molecule has 146 valence electrons. The highest BCUT2D eigenvalue weighted by atomic mass is 35.5. The lowest BCUT2D eigenvalue weighted by atomic mass is 10.2. The maximum Gasteiger partial charge on any atom is 0.419 e. The van der Waals surface area contributed by atoms with Gasteiger partial charge in [0.1, 0.15) is 5.15 Å². The fourth-order valence-electron chi connectivity index (χ4n) is 2.43. The third kappa shape index (κ3) is 5.91. The lowest BCUT2D eigenvalue weighted by Crippen LogP contribution is -2.48. The van der Waals surface area contributed by atoms with E-state index in [4.69, 9.17) is 21.1 Å². The van der Waals surface area contributed by atoms with Crippen LogP contribution in [0.3, 0.4) is 0 Å². The number of ether oxygens (including phenoxy) is 2. The molecular formula is C16H21ClF3N3O3. The smallest absolute Gasteiger partial charge is 0.419 e. The molecule has 2 rings (SSSR count). The van der Waals surface area contributed by atoms with Gasteiger partial charge >= 0.3 is 12.3 Å². The van der Waals surface area contributed by atoms with Gasteiger partial charge in [0.2, 0.25) is 0 Å². The number of alkyl halides is 3. The van der Waals surface area contributed by atoms with Gasteiger partial charge in [-0.3, -0.25) is 0 Å². The van der Waals surface area contributed by atoms with Gasteiger partial charge in [-0.05, 0) is 12.5 Å². The summed E-state index contributed by atoms with van der Waals surface area (Å²) in [6.45, 7) is 3.33. The Bertz CT molecular complexity index is 616. The molecule has 0 saturated carbocycles. The van der Waals surface area contributed by atoms with E-state index in [2.05, 4.69) is 10.3 Å². The van der Waals surface area contributed by atoms with Crippen molar-refractivity contribution in [2.24, 2.45) is 0 Å². The number of pyridine rings is 1. The standard InChI is InChI=1S/C16H21ClF3N3O3/c1-2-3-5-26-15(24)23-4-6-25-11(10-23)8-21-13-7-14(17)22-9-12(13)16(18,19)20/h7,9,11H,2-6,8,10H2,1H3,(H,21,22)/t11-/m0/s1. The number of nitrogens with zero attached hydrogens (tertiary/aromatic N) is 2. The first kappa shape index (κ1) is 20.6. The van der Waals surface area contributed by atoms with Gasteiger partial charge in [0.25, 0.3) is 0 Å². The molecule has 0 aromatic carbocycles. The first-order valence-electron chi connectivity index (χ1n) is 8.31. The number of anilines is 1. The molecule has 6 nitrogen and oxygen atoms in total. The predicted molar refractivity (Wildman–Crippen MR) is 90.3 cm³/mol. The molecule has 1 aromatic heterocycles. The maximum absolute atomic E-state index is 13.0. The number of hydrogen-bond donors (Lipinski definition) is 1. The lowest BCUT2D eigenvalue weighted by molar-refractivity contribution is -0.137. The molecule has 0 unspecified atom stereocenters. The van der Waals surface area contributed by atoms with Crippen molar-refractivity contribution in [3.8, 4) is 0 Å². The summed E-state index contributed by atoms with van der Waals surface area (Å²) in [7, 11) is 0. The zero-order chi connectivity index (χ0) is 19.2. The summed E-state index contributed by atoms with van der Waals surface area (Å²) in [6, 6.07) is 1.12. The van der Waals surface area contributed by atoms with Crippen LogP contribution in [-0.2, 0) is 15.7 Å². The van der Waals surface area contributed by atoms with E-state index >= 15 is 0 Å². The Balaban J connectivity index is 1.93. The van der Waals surface area contributed by atoms with Crippen molar-refractivity contribution in [3.05, 3.63) is 23.0 Å². The minimum absolute atomic E-state index is 0.0498. The molecule has 26 heavy (non-hydrogen) atoms. The lowest BCUT2D eigenvalue weighted by Gasteiger charge is -2.32. The molecule has 1 aliphatic rings. The summed E-state index contributed by atoms with van der Waals surface area (Å²) in [5.74, 6) is 0. The summed E-state index contributed by atoms with van der Waals surface area (Å²) in [5.41, 5.74) is -1.09. The van der Waals surface area contributed by atoms with E-state index in [9.17, 15) is 18.0 Å². The van der Waals surface area contributed by atoms with Gasteiger partial charge in [-0.25, -0.2) is 9.78 Å². The highest BCUT2D eigenvalue weighted by Gasteiger charge is 2.34. The molecule has 2 heterocycles. The largest absolute Gasteiger partial charge is 0.449 e. The number of morpholine rings is 1. The van der Waals surface area contributed by atoms with Gasteiger partial charge in [0.05, 0.1) is 37.1 Å². The third-order valence-electron chi connectivity index (χ3n) is 3.82. The van der Waals surface area contributed by atoms with Crippen LogP contribution in [0.5, 0.6) is 0 Å². The average Bonchev–Trinajstić information content (AvgIpc) is 2.59. The molecule has 10 heteroatoms. The van der Waals surface area contributed by atoms with Crippen LogP contribution in [0.15, 0.2) is 12.3 Å². The molecule has 1 N–H and O–H groups in total. The van der Waals surface area contributed by atoms with Crippen molar-refractivity contribution in [2.75, 3.05) is 38.2 Å². The second-order valence-corrected chi connectivity index (χ2v) is 6.23. The Hall–Kier alpha value is -1.74. The fraction of sp³-hybridized carbons (Fsp3) is 0.625. The van der Waals surface area contributed by atoms with Crippen molar-refractivity contribution >= 4 is 23.4 Å². The molecular weight excluding hydrogens is 375 g/mol. The van der Waals surface area contributed by atoms with Crippen LogP contribution in [0.25, 0.3) is 0 Å². The van der Waals surface area contributed by atoms with Crippen LogP contribution in [0.1, 0.15) is 25.3 Å². The molecule has 0 radical (unpaired) electrons. The monoisotopic (exact) mass is 395 g/mol. The van der Waals surface area contributed by atoms with Crippen LogP contribution in [-0.4, -0.2) is 54.9 Å². The summed E-state index contributed by atoms with van der Waals surface area (Å²) in [4.78, 5) is 16.9. The topological polar surface area (TPSA) is 63.7 Å². The second kappa shape index (κ2) is 9.27. The van der Waals surface area contributed by atoms with Gasteiger partial charge in [-0.1, -0.05) is 24.9 Å². The molecule has 1 atom stereocenters. The fourth-order valence-corrected chi connectivity index (χ4v) is 2.59. The minimum atomic E-state index is -4.55. The first-order chi connectivity index (χ1) is 12.3. The Kier molecular flexibility index (Phi) is 7.33. The number of aromatic nitrogens is 1. The van der Waals surface area contributed by atoms with E-state index < -0.39 is 23.9 Å². The Morgan fingerprint density at radius 3 is 3.00 bits per heavy atom. The van der Waals surface area contributed by atoms with E-state index in [1.54, 1.807) is 0 Å². The second-order valence-electron chi connectivity index (χ2n) is 5.84. The highest BCUT2D eigenvalue weighted by Crippen LogP contribution is 2.35. The maximum atomic E-state index is 13.0. The SMILES string of the molecule is CCCCOC(=O)N1CCO[C@@H](CNc2cc(Cl)ncc2C(F)(F)F)C1. The van der Waals surface area contributed by atoms with E-state index in [-0.39, 0.29) is 23.9 Å². The number of halogens is 4. The number of nitrogens with one attached hydrogen (secondary N) is 1. The first-order valence-corrected chi connectivity index (χ1v) is 8.69. The summed E-state index contributed by atoms with van der Waals surface area (Å²) in [6.07, 6.45) is -3.07. The van der Waals surface area contributed by atoms with Gasteiger partial charge in [0.15, 0.2) is 0 Å². The third-order valence-corrected chi connectivity index (χ3v) is 4.02. The molecule has 0 spiro atoms. The molecule has 0 aliphatic carbocycles. The summed E-state index contributed by atoms with van der Waals surface area (Å²) >= 11 is 5.69. The number of rotatable bonds is 6. The molecule has 0 bridgehead atoms. The van der Waals surface area contributed by atoms with Crippen molar-refractivity contribution in [1.82, 2.24) is 9.88 Å². The predicted octanol–water partition coefficient (Wildman–Crippen LogP) is 3.80. The molecule has 1 aliphatic heterocycles. The van der Waals surface area contributed by atoms with E-state index in [1.807, 2.05) is 6.92 Å². The number of amides is 1. The number of carbonyl (C=O) groups is 1. The summed E-state index contributed by atoms with van der Waals surface area (Å²) in [5, 5.41) is 2.64. The molecule has 1 amide bonds. The Morgan fingerprint density at radius 2 is 2.31 bits per heavy atom.